The SMILES string of the molecule is OC(/C(=N\N=C(/c1ccccc1)C(O)c1ccccc1)c1ccccc1)c1ccccc1. The van der Waals surface area contributed by atoms with E-state index < -0.39 is 12.2 Å². The fourth-order valence-corrected chi connectivity index (χ4v) is 3.45. The minimum absolute atomic E-state index is 0.408. The summed E-state index contributed by atoms with van der Waals surface area (Å²) in [5.41, 5.74) is 3.77. The number of nitrogens with zero attached hydrogens (tertiary/aromatic N) is 2. The van der Waals surface area contributed by atoms with Crippen LogP contribution in [0.5, 0.6) is 0 Å². The lowest BCUT2D eigenvalue weighted by Gasteiger charge is -2.16. The first-order valence-electron chi connectivity index (χ1n) is 10.5. The molecule has 158 valence electrons. The molecule has 2 atom stereocenters. The second-order valence-electron chi connectivity index (χ2n) is 7.33. The molecule has 0 aliphatic heterocycles. The number of aliphatic hydroxyl groups is 2. The van der Waals surface area contributed by atoms with Gasteiger partial charge in [-0.2, -0.15) is 10.2 Å². The van der Waals surface area contributed by atoms with Gasteiger partial charge < -0.3 is 10.2 Å². The zero-order valence-corrected chi connectivity index (χ0v) is 17.5. The van der Waals surface area contributed by atoms with Crippen LogP contribution in [0, 0.1) is 0 Å². The van der Waals surface area contributed by atoms with Gasteiger partial charge in [0.1, 0.15) is 23.6 Å². The third-order valence-corrected chi connectivity index (χ3v) is 5.15. The van der Waals surface area contributed by atoms with Gasteiger partial charge in [0.25, 0.3) is 0 Å². The summed E-state index contributed by atoms with van der Waals surface area (Å²) in [5, 5.41) is 31.2. The lowest BCUT2D eigenvalue weighted by atomic mass is 9.99. The van der Waals surface area contributed by atoms with E-state index in [9.17, 15) is 10.2 Å². The van der Waals surface area contributed by atoms with Crippen LogP contribution in [-0.2, 0) is 0 Å². The van der Waals surface area contributed by atoms with Crippen molar-refractivity contribution < 1.29 is 10.2 Å². The minimum Gasteiger partial charge on any atom is -0.382 e. The molecule has 4 aromatic carbocycles. The van der Waals surface area contributed by atoms with Crippen molar-refractivity contribution in [2.24, 2.45) is 10.2 Å². The van der Waals surface area contributed by atoms with Gasteiger partial charge in [-0.25, -0.2) is 0 Å². The summed E-state index contributed by atoms with van der Waals surface area (Å²) in [4.78, 5) is 0. The predicted molar refractivity (Wildman–Crippen MR) is 129 cm³/mol. The molecule has 0 fully saturated rings. The topological polar surface area (TPSA) is 65.2 Å². The summed E-state index contributed by atoms with van der Waals surface area (Å²) in [6.45, 7) is 0. The Hall–Kier alpha value is -3.86. The van der Waals surface area contributed by atoms with Crippen LogP contribution >= 0.6 is 0 Å². The van der Waals surface area contributed by atoms with Crippen LogP contribution in [0.2, 0.25) is 0 Å². The highest BCUT2D eigenvalue weighted by molar-refractivity contribution is 6.07. The summed E-state index contributed by atoms with van der Waals surface area (Å²) in [6.07, 6.45) is -1.93. The average molecular weight is 421 g/mol. The van der Waals surface area contributed by atoms with E-state index in [2.05, 4.69) is 10.2 Å². The average Bonchev–Trinajstić information content (AvgIpc) is 2.88. The van der Waals surface area contributed by atoms with Gasteiger partial charge in [-0.3, -0.25) is 0 Å². The quantitative estimate of drug-likeness (QED) is 0.313. The highest BCUT2D eigenvalue weighted by Gasteiger charge is 2.20. The van der Waals surface area contributed by atoms with E-state index in [0.717, 1.165) is 22.3 Å². The van der Waals surface area contributed by atoms with E-state index in [0.29, 0.717) is 11.4 Å². The summed E-state index contributed by atoms with van der Waals surface area (Å²) in [5.74, 6) is 0. The van der Waals surface area contributed by atoms with E-state index in [4.69, 9.17) is 0 Å². The Bertz CT molecular complexity index is 1080. The molecular weight excluding hydrogens is 396 g/mol. The van der Waals surface area contributed by atoms with E-state index in [1.165, 1.54) is 0 Å². The third-order valence-electron chi connectivity index (χ3n) is 5.15. The highest BCUT2D eigenvalue weighted by atomic mass is 16.3. The lowest BCUT2D eigenvalue weighted by molar-refractivity contribution is 0.245. The predicted octanol–water partition coefficient (Wildman–Crippen LogP) is 5.35. The summed E-state index contributed by atoms with van der Waals surface area (Å²) < 4.78 is 0. The first-order chi connectivity index (χ1) is 15.7. The van der Waals surface area contributed by atoms with Gasteiger partial charge in [-0.15, -0.1) is 0 Å². The molecule has 0 spiro atoms. The second kappa shape index (κ2) is 10.4. The van der Waals surface area contributed by atoms with Crippen LogP contribution in [0.1, 0.15) is 34.5 Å². The van der Waals surface area contributed by atoms with Crippen molar-refractivity contribution in [3.05, 3.63) is 144 Å². The van der Waals surface area contributed by atoms with Crippen LogP contribution in [0.3, 0.4) is 0 Å². The Balaban J connectivity index is 1.82. The maximum atomic E-state index is 11.1. The zero-order chi connectivity index (χ0) is 22.2. The van der Waals surface area contributed by atoms with Crippen molar-refractivity contribution in [3.8, 4) is 0 Å². The summed E-state index contributed by atoms with van der Waals surface area (Å²) in [7, 11) is 0. The second-order valence-corrected chi connectivity index (χ2v) is 7.33. The highest BCUT2D eigenvalue weighted by Crippen LogP contribution is 2.22. The van der Waals surface area contributed by atoms with Gasteiger partial charge in [-0.1, -0.05) is 121 Å². The van der Waals surface area contributed by atoms with Crippen LogP contribution in [0.25, 0.3) is 0 Å². The molecule has 4 rings (SSSR count). The zero-order valence-electron chi connectivity index (χ0n) is 17.5. The number of hydrogen-bond donors (Lipinski definition) is 2. The Morgan fingerprint density at radius 1 is 0.438 bits per heavy atom. The molecule has 0 aromatic heterocycles. The molecule has 32 heavy (non-hydrogen) atoms. The Morgan fingerprint density at radius 3 is 1.03 bits per heavy atom. The third kappa shape index (κ3) is 5.06. The molecule has 0 saturated carbocycles. The monoisotopic (exact) mass is 420 g/mol. The van der Waals surface area contributed by atoms with Crippen molar-refractivity contribution in [1.82, 2.24) is 0 Å². The molecular formula is C28H24N2O2. The molecule has 0 heterocycles. The van der Waals surface area contributed by atoms with Gasteiger partial charge in [0.05, 0.1) is 0 Å². The van der Waals surface area contributed by atoms with E-state index in [1.807, 2.05) is 121 Å². The van der Waals surface area contributed by atoms with Gasteiger partial charge >= 0.3 is 0 Å². The first-order valence-corrected chi connectivity index (χ1v) is 10.5. The number of aliphatic hydroxyl groups excluding tert-OH is 2. The van der Waals surface area contributed by atoms with E-state index >= 15 is 0 Å². The molecule has 4 aromatic rings. The number of rotatable bonds is 7. The van der Waals surface area contributed by atoms with Crippen molar-refractivity contribution >= 4 is 11.4 Å². The molecule has 0 saturated heterocycles. The fourth-order valence-electron chi connectivity index (χ4n) is 3.45. The molecule has 0 aliphatic carbocycles. The fraction of sp³-hybridized carbons (Fsp3) is 0.0714. The number of hydrogen-bond acceptors (Lipinski definition) is 4. The molecule has 2 N–H and O–H groups in total. The molecule has 4 nitrogen and oxygen atoms in total. The Morgan fingerprint density at radius 2 is 0.719 bits per heavy atom. The first kappa shape index (κ1) is 21.4. The van der Waals surface area contributed by atoms with E-state index in [-0.39, 0.29) is 0 Å². The van der Waals surface area contributed by atoms with Gasteiger partial charge in [0.15, 0.2) is 0 Å². The lowest BCUT2D eigenvalue weighted by Crippen LogP contribution is -2.16. The van der Waals surface area contributed by atoms with Crippen LogP contribution in [-0.4, -0.2) is 21.6 Å². The summed E-state index contributed by atoms with van der Waals surface area (Å²) >= 11 is 0. The smallest absolute Gasteiger partial charge is 0.123 e. The molecule has 0 radical (unpaired) electrons. The molecule has 0 amide bonds. The van der Waals surface area contributed by atoms with Gasteiger partial charge in [0, 0.05) is 11.1 Å². The molecule has 0 bridgehead atoms. The van der Waals surface area contributed by atoms with Crippen molar-refractivity contribution in [2.45, 2.75) is 12.2 Å². The largest absolute Gasteiger partial charge is 0.382 e. The van der Waals surface area contributed by atoms with Crippen LogP contribution in [0.15, 0.2) is 132 Å². The van der Waals surface area contributed by atoms with E-state index in [1.54, 1.807) is 0 Å². The van der Waals surface area contributed by atoms with Crippen molar-refractivity contribution in [3.63, 3.8) is 0 Å². The maximum absolute atomic E-state index is 11.1. The van der Waals surface area contributed by atoms with Crippen LogP contribution in [0.4, 0.5) is 0 Å². The van der Waals surface area contributed by atoms with Crippen molar-refractivity contribution in [2.75, 3.05) is 0 Å². The molecule has 2 unspecified atom stereocenters. The minimum atomic E-state index is -0.965. The maximum Gasteiger partial charge on any atom is 0.123 e. The van der Waals surface area contributed by atoms with Crippen molar-refractivity contribution in [1.29, 1.82) is 0 Å². The molecule has 0 aliphatic rings. The summed E-state index contributed by atoms with van der Waals surface area (Å²) in [6, 6.07) is 37.6. The standard InChI is InChI=1S/C28H24N2O2/c31-27(23-17-9-3-10-18-23)25(21-13-5-1-6-14-21)29-30-26(22-15-7-2-8-16-22)28(32)24-19-11-4-12-20-24/h1-20,27-28,31-32H/b29-25-,30-26+. The van der Waals surface area contributed by atoms with Gasteiger partial charge in [-0.05, 0) is 11.1 Å². The number of benzene rings is 4. The molecule has 4 heteroatoms. The Kier molecular flexibility index (Phi) is 6.98. The Labute approximate surface area is 187 Å². The van der Waals surface area contributed by atoms with Crippen LogP contribution < -0.4 is 0 Å². The van der Waals surface area contributed by atoms with Gasteiger partial charge in [0.2, 0.25) is 0 Å². The normalized spacial score (nSPS) is 14.1.